The van der Waals surface area contributed by atoms with Gasteiger partial charge in [-0.1, -0.05) is 30.3 Å². The van der Waals surface area contributed by atoms with Crippen LogP contribution in [-0.4, -0.2) is 50.5 Å². The number of carbonyl (C=O) groups excluding carboxylic acids is 2. The van der Waals surface area contributed by atoms with Crippen LogP contribution in [0.2, 0.25) is 0 Å². The predicted molar refractivity (Wildman–Crippen MR) is 106 cm³/mol. The molecular weight excluding hydrogens is 413 g/mol. The molecule has 1 unspecified atom stereocenters. The highest BCUT2D eigenvalue weighted by molar-refractivity contribution is 7.89. The van der Waals surface area contributed by atoms with Crippen molar-refractivity contribution < 1.29 is 27.1 Å². The summed E-state index contributed by atoms with van der Waals surface area (Å²) in [5, 5.41) is 4.84. The summed E-state index contributed by atoms with van der Waals surface area (Å²) in [6.45, 7) is 0.475. The zero-order valence-corrected chi connectivity index (χ0v) is 16.9. The quantitative estimate of drug-likeness (QED) is 0.659. The molecule has 1 heterocycles. The van der Waals surface area contributed by atoms with Crippen molar-refractivity contribution in [3.8, 4) is 0 Å². The molecule has 0 aromatic heterocycles. The van der Waals surface area contributed by atoms with Crippen molar-refractivity contribution in [3.05, 3.63) is 66.0 Å². The lowest BCUT2D eigenvalue weighted by atomic mass is 10.2. The minimum Gasteiger partial charge on any atom is -0.360 e. The van der Waals surface area contributed by atoms with Crippen molar-refractivity contribution in [2.45, 2.75) is 24.1 Å². The van der Waals surface area contributed by atoms with Crippen LogP contribution in [0.4, 0.5) is 4.39 Å². The lowest BCUT2D eigenvalue weighted by Crippen LogP contribution is -2.53. The van der Waals surface area contributed by atoms with Gasteiger partial charge in [0, 0.05) is 13.1 Å². The Labute approximate surface area is 174 Å². The van der Waals surface area contributed by atoms with Gasteiger partial charge >= 0.3 is 11.8 Å². The number of hydrogen-bond donors (Lipinski definition) is 2. The third-order valence-corrected chi connectivity index (χ3v) is 6.42. The molecule has 160 valence electrons. The second kappa shape index (κ2) is 9.79. The molecule has 8 nitrogen and oxygen atoms in total. The molecule has 2 amide bonds. The Balaban J connectivity index is 1.56. The number of halogens is 1. The number of sulfonamides is 1. The Morgan fingerprint density at radius 2 is 1.70 bits per heavy atom. The van der Waals surface area contributed by atoms with Crippen molar-refractivity contribution >= 4 is 21.8 Å². The van der Waals surface area contributed by atoms with Gasteiger partial charge in [-0.25, -0.2) is 12.8 Å². The topological polar surface area (TPSA) is 105 Å². The molecule has 3 rings (SSSR count). The molecule has 1 atom stereocenters. The van der Waals surface area contributed by atoms with Gasteiger partial charge in [0.05, 0.1) is 18.0 Å². The zero-order chi connectivity index (χ0) is 21.6. The first-order valence-electron chi connectivity index (χ1n) is 9.37. The second-order valence-corrected chi connectivity index (χ2v) is 8.52. The Bertz CT molecular complexity index is 983. The van der Waals surface area contributed by atoms with E-state index < -0.39 is 33.9 Å². The molecule has 0 bridgehead atoms. The molecule has 2 N–H and O–H groups in total. The van der Waals surface area contributed by atoms with Crippen LogP contribution in [0.1, 0.15) is 12.0 Å². The highest BCUT2D eigenvalue weighted by Crippen LogP contribution is 2.21. The van der Waals surface area contributed by atoms with Gasteiger partial charge in [0.25, 0.3) is 0 Å². The van der Waals surface area contributed by atoms with Crippen LogP contribution >= 0.6 is 0 Å². The maximum atomic E-state index is 12.9. The fourth-order valence-corrected chi connectivity index (χ4v) is 4.54. The number of ether oxygens (including phenoxy) is 1. The smallest absolute Gasteiger partial charge is 0.309 e. The average Bonchev–Trinajstić information content (AvgIpc) is 2.77. The minimum absolute atomic E-state index is 0.0565. The zero-order valence-electron chi connectivity index (χ0n) is 16.1. The van der Waals surface area contributed by atoms with Crippen molar-refractivity contribution in [2.75, 3.05) is 19.7 Å². The summed E-state index contributed by atoms with van der Waals surface area (Å²) in [4.78, 5) is 24.2. The van der Waals surface area contributed by atoms with Crippen molar-refractivity contribution in [1.29, 1.82) is 0 Å². The van der Waals surface area contributed by atoms with Crippen LogP contribution in [0.15, 0.2) is 59.5 Å². The summed E-state index contributed by atoms with van der Waals surface area (Å²) in [6, 6.07) is 13.4. The van der Waals surface area contributed by atoms with Crippen molar-refractivity contribution in [3.63, 3.8) is 0 Å². The highest BCUT2D eigenvalue weighted by Gasteiger charge is 2.34. The average molecular weight is 435 g/mol. The monoisotopic (exact) mass is 435 g/mol. The largest absolute Gasteiger partial charge is 0.360 e. The first kappa shape index (κ1) is 21.9. The molecule has 30 heavy (non-hydrogen) atoms. The summed E-state index contributed by atoms with van der Waals surface area (Å²) < 4.78 is 45.4. The van der Waals surface area contributed by atoms with E-state index in [1.54, 1.807) is 18.2 Å². The molecule has 2 aromatic rings. The number of hydrogen-bond acceptors (Lipinski definition) is 5. The van der Waals surface area contributed by atoms with E-state index in [2.05, 4.69) is 10.6 Å². The molecular formula is C20H22FN3O5S. The van der Waals surface area contributed by atoms with E-state index in [4.69, 9.17) is 4.74 Å². The second-order valence-electron chi connectivity index (χ2n) is 6.63. The Morgan fingerprint density at radius 1 is 1.03 bits per heavy atom. The Hall–Kier alpha value is -2.82. The summed E-state index contributed by atoms with van der Waals surface area (Å²) in [5.41, 5.74) is 0.633. The van der Waals surface area contributed by atoms with Crippen LogP contribution in [0.5, 0.6) is 0 Å². The van der Waals surface area contributed by atoms with E-state index in [9.17, 15) is 22.4 Å². The van der Waals surface area contributed by atoms with Crippen LogP contribution in [-0.2, 0) is 30.9 Å². The van der Waals surface area contributed by atoms with Gasteiger partial charge in [-0.3, -0.25) is 9.59 Å². The van der Waals surface area contributed by atoms with E-state index >= 15 is 0 Å². The van der Waals surface area contributed by atoms with E-state index in [0.717, 1.165) is 0 Å². The van der Waals surface area contributed by atoms with Crippen LogP contribution in [0, 0.1) is 5.82 Å². The Kier molecular flexibility index (Phi) is 7.14. The molecule has 1 aliphatic rings. The maximum absolute atomic E-state index is 12.9. The van der Waals surface area contributed by atoms with Crippen molar-refractivity contribution in [1.82, 2.24) is 14.9 Å². The number of carbonyl (C=O) groups is 2. The first-order valence-corrected chi connectivity index (χ1v) is 10.8. The molecule has 1 saturated heterocycles. The van der Waals surface area contributed by atoms with Gasteiger partial charge in [0.1, 0.15) is 12.0 Å². The summed E-state index contributed by atoms with van der Waals surface area (Å²) in [6.07, 6.45) is -0.396. The van der Waals surface area contributed by atoms with Crippen molar-refractivity contribution in [2.24, 2.45) is 0 Å². The van der Waals surface area contributed by atoms with Gasteiger partial charge in [0.2, 0.25) is 10.0 Å². The molecule has 1 aliphatic heterocycles. The number of nitrogens with zero attached hydrogens (tertiary/aromatic N) is 1. The van der Waals surface area contributed by atoms with E-state index in [0.29, 0.717) is 18.6 Å². The Morgan fingerprint density at radius 3 is 2.40 bits per heavy atom. The van der Waals surface area contributed by atoms with E-state index in [-0.39, 0.29) is 24.5 Å². The maximum Gasteiger partial charge on any atom is 0.309 e. The van der Waals surface area contributed by atoms with Crippen LogP contribution < -0.4 is 10.6 Å². The van der Waals surface area contributed by atoms with Crippen LogP contribution in [0.25, 0.3) is 0 Å². The van der Waals surface area contributed by atoms with Gasteiger partial charge in [-0.2, -0.15) is 4.31 Å². The fourth-order valence-electron chi connectivity index (χ4n) is 2.96. The van der Waals surface area contributed by atoms with Gasteiger partial charge in [-0.05, 0) is 36.2 Å². The van der Waals surface area contributed by atoms with Gasteiger partial charge in [-0.15, -0.1) is 0 Å². The number of benzene rings is 2. The van der Waals surface area contributed by atoms with Gasteiger partial charge < -0.3 is 15.4 Å². The minimum atomic E-state index is -3.80. The highest BCUT2D eigenvalue weighted by atomic mass is 32.2. The number of rotatable bonds is 6. The van der Waals surface area contributed by atoms with E-state index in [1.807, 2.05) is 0 Å². The lowest BCUT2D eigenvalue weighted by molar-refractivity contribution is -0.140. The third kappa shape index (κ3) is 5.41. The molecule has 1 fully saturated rings. The summed E-state index contributed by atoms with van der Waals surface area (Å²) in [5.74, 6) is -2.19. The normalized spacial score (nSPS) is 17.3. The van der Waals surface area contributed by atoms with Gasteiger partial charge in [0.15, 0.2) is 0 Å². The third-order valence-electron chi connectivity index (χ3n) is 4.51. The van der Waals surface area contributed by atoms with Crippen LogP contribution in [0.3, 0.4) is 0 Å². The SMILES string of the molecule is O=C(NCc1ccc(F)cc1)C(=O)NCC1OCCCN1S(=O)(=O)c1ccccc1. The molecule has 0 radical (unpaired) electrons. The molecule has 0 saturated carbocycles. The molecule has 10 heteroatoms. The number of amides is 2. The fraction of sp³-hybridized carbons (Fsp3) is 0.300. The van der Waals surface area contributed by atoms with E-state index in [1.165, 1.54) is 40.7 Å². The summed E-state index contributed by atoms with van der Waals surface area (Å²) in [7, 11) is -3.80. The predicted octanol–water partition coefficient (Wildman–Crippen LogP) is 0.995. The molecule has 2 aromatic carbocycles. The summed E-state index contributed by atoms with van der Waals surface area (Å²) >= 11 is 0. The standard InChI is InChI=1S/C20H22FN3O5S/c21-16-9-7-15(8-10-16)13-22-19(25)20(26)23-14-18-24(11-4-12-29-18)30(27,28)17-5-2-1-3-6-17/h1-3,5-10,18H,4,11-14H2,(H,22,25)(H,23,26). The number of nitrogens with one attached hydrogen (secondary N) is 2. The molecule has 0 aliphatic carbocycles. The lowest BCUT2D eigenvalue weighted by Gasteiger charge is -2.34. The first-order chi connectivity index (χ1) is 14.4. The molecule has 0 spiro atoms.